The number of anilines is 3. The standard InChI is InChI=1S/C42H47BrN8O7/c1-2-56-39(53)27-50(21-20-45-41(54)57-28-31-9-5-3-6-10-31)23-24-51(42(55)58-29-32-11-7-4-8-12-32)22-19-44-26-38(52)48-35-17-18-36-37(25-35)46-30-47-40(36)49-34-15-13-33(43)14-16-34/h3-18,25,30,44H,2,19-24,26-29H2,1H3,(H,45,54)(H,48,52)(H,46,47,49). The quantitative estimate of drug-likeness (QED) is 0.0380. The summed E-state index contributed by atoms with van der Waals surface area (Å²) < 4.78 is 17.1. The minimum absolute atomic E-state index is 0.0217. The molecule has 0 saturated heterocycles. The van der Waals surface area contributed by atoms with Gasteiger partial charge in [-0.2, -0.15) is 0 Å². The van der Waals surface area contributed by atoms with Gasteiger partial charge in [0.2, 0.25) is 5.91 Å². The van der Waals surface area contributed by atoms with E-state index in [1.807, 2.05) is 91.0 Å². The van der Waals surface area contributed by atoms with E-state index in [9.17, 15) is 19.2 Å². The van der Waals surface area contributed by atoms with Gasteiger partial charge in [-0.3, -0.25) is 14.5 Å². The summed E-state index contributed by atoms with van der Waals surface area (Å²) in [6.45, 7) is 3.49. The molecule has 0 aliphatic rings. The molecule has 1 heterocycles. The van der Waals surface area contributed by atoms with Crippen LogP contribution >= 0.6 is 15.9 Å². The molecule has 0 unspecified atom stereocenters. The summed E-state index contributed by atoms with van der Waals surface area (Å²) in [6, 6.07) is 31.8. The van der Waals surface area contributed by atoms with Crippen LogP contribution < -0.4 is 21.3 Å². The molecular weight excluding hydrogens is 808 g/mol. The first-order valence-corrected chi connectivity index (χ1v) is 19.6. The van der Waals surface area contributed by atoms with Crippen molar-refractivity contribution in [3.63, 3.8) is 0 Å². The molecule has 3 amide bonds. The predicted octanol–water partition coefficient (Wildman–Crippen LogP) is 6.09. The predicted molar refractivity (Wildman–Crippen MR) is 224 cm³/mol. The number of ether oxygens (including phenoxy) is 3. The highest BCUT2D eigenvalue weighted by atomic mass is 79.9. The number of carbonyl (C=O) groups excluding carboxylic acids is 4. The molecule has 5 rings (SSSR count). The molecule has 0 spiro atoms. The number of alkyl carbamates (subject to hydrolysis) is 1. The van der Waals surface area contributed by atoms with Crippen molar-refractivity contribution >= 4 is 68.1 Å². The second kappa shape index (κ2) is 23.2. The Morgan fingerprint density at radius 3 is 2.12 bits per heavy atom. The number of halogens is 1. The Balaban J connectivity index is 1.13. The van der Waals surface area contributed by atoms with Gasteiger partial charge in [-0.05, 0) is 60.5 Å². The summed E-state index contributed by atoms with van der Waals surface area (Å²) in [5.74, 6) is -0.0782. The Hall–Kier alpha value is -6.10. The smallest absolute Gasteiger partial charge is 0.410 e. The summed E-state index contributed by atoms with van der Waals surface area (Å²) in [5.41, 5.74) is 3.78. The molecule has 4 N–H and O–H groups in total. The third-order valence-corrected chi connectivity index (χ3v) is 9.12. The minimum atomic E-state index is -0.588. The fourth-order valence-corrected chi connectivity index (χ4v) is 5.91. The highest BCUT2D eigenvalue weighted by molar-refractivity contribution is 9.10. The van der Waals surface area contributed by atoms with Crippen LogP contribution in [0, 0.1) is 0 Å². The van der Waals surface area contributed by atoms with Crippen LogP contribution in [0.25, 0.3) is 10.9 Å². The van der Waals surface area contributed by atoms with Gasteiger partial charge in [-0.1, -0.05) is 76.6 Å². The molecule has 0 radical (unpaired) electrons. The van der Waals surface area contributed by atoms with Crippen molar-refractivity contribution in [2.24, 2.45) is 0 Å². The zero-order valence-electron chi connectivity index (χ0n) is 32.2. The molecule has 5 aromatic rings. The van der Waals surface area contributed by atoms with E-state index < -0.39 is 18.2 Å². The maximum Gasteiger partial charge on any atom is 0.410 e. The maximum atomic E-state index is 13.4. The molecule has 0 aliphatic carbocycles. The van der Waals surface area contributed by atoms with Gasteiger partial charge < -0.3 is 40.4 Å². The second-order valence-corrected chi connectivity index (χ2v) is 13.8. The minimum Gasteiger partial charge on any atom is -0.465 e. The molecule has 58 heavy (non-hydrogen) atoms. The number of nitrogens with zero attached hydrogens (tertiary/aromatic N) is 4. The fourth-order valence-electron chi connectivity index (χ4n) is 5.64. The Labute approximate surface area is 345 Å². The van der Waals surface area contributed by atoms with Gasteiger partial charge in [0, 0.05) is 60.5 Å². The zero-order chi connectivity index (χ0) is 41.0. The first-order valence-electron chi connectivity index (χ1n) is 18.8. The van der Waals surface area contributed by atoms with Gasteiger partial charge in [0.15, 0.2) is 0 Å². The Morgan fingerprint density at radius 2 is 1.41 bits per heavy atom. The third kappa shape index (κ3) is 14.8. The second-order valence-electron chi connectivity index (χ2n) is 12.9. The molecular formula is C42H47BrN8O7. The lowest BCUT2D eigenvalue weighted by atomic mass is 10.2. The van der Waals surface area contributed by atoms with E-state index in [1.165, 1.54) is 11.2 Å². The first kappa shape index (κ1) is 43.0. The molecule has 0 fully saturated rings. The number of hydrogen-bond donors (Lipinski definition) is 4. The summed E-state index contributed by atoms with van der Waals surface area (Å²) in [6.07, 6.45) is 0.320. The van der Waals surface area contributed by atoms with Gasteiger partial charge in [0.05, 0.1) is 25.2 Å². The molecule has 4 aromatic carbocycles. The van der Waals surface area contributed by atoms with Crippen molar-refractivity contribution in [3.8, 4) is 0 Å². The van der Waals surface area contributed by atoms with Crippen LogP contribution in [-0.2, 0) is 37.0 Å². The van der Waals surface area contributed by atoms with Crippen molar-refractivity contribution in [2.45, 2.75) is 20.1 Å². The average Bonchev–Trinajstić information content (AvgIpc) is 3.23. The number of rotatable bonds is 21. The number of fused-ring (bicyclic) bond motifs is 1. The summed E-state index contributed by atoms with van der Waals surface area (Å²) in [7, 11) is 0. The number of hydrogen-bond acceptors (Lipinski definition) is 12. The van der Waals surface area contributed by atoms with E-state index in [-0.39, 0.29) is 78.1 Å². The first-order chi connectivity index (χ1) is 28.2. The molecule has 1 aromatic heterocycles. The lowest BCUT2D eigenvalue weighted by Crippen LogP contribution is -2.45. The monoisotopic (exact) mass is 854 g/mol. The highest BCUT2D eigenvalue weighted by Gasteiger charge is 2.19. The number of esters is 1. The number of carbonyl (C=O) groups is 4. The molecule has 16 heteroatoms. The molecule has 0 bridgehead atoms. The summed E-state index contributed by atoms with van der Waals surface area (Å²) in [4.78, 5) is 63.2. The number of amides is 3. The number of aromatic nitrogens is 2. The number of benzene rings is 4. The highest BCUT2D eigenvalue weighted by Crippen LogP contribution is 2.26. The third-order valence-electron chi connectivity index (χ3n) is 8.59. The lowest BCUT2D eigenvalue weighted by Gasteiger charge is -2.27. The Morgan fingerprint density at radius 1 is 0.724 bits per heavy atom. The normalized spacial score (nSPS) is 10.8. The Kier molecular flexibility index (Phi) is 17.2. The zero-order valence-corrected chi connectivity index (χ0v) is 33.8. The molecule has 0 aliphatic heterocycles. The van der Waals surface area contributed by atoms with Crippen LogP contribution in [0.1, 0.15) is 18.1 Å². The van der Waals surface area contributed by atoms with Crippen molar-refractivity contribution in [3.05, 3.63) is 125 Å². The maximum absolute atomic E-state index is 13.4. The van der Waals surface area contributed by atoms with Crippen molar-refractivity contribution in [1.29, 1.82) is 0 Å². The van der Waals surface area contributed by atoms with Gasteiger partial charge in [0.25, 0.3) is 0 Å². The van der Waals surface area contributed by atoms with Gasteiger partial charge in [0.1, 0.15) is 25.4 Å². The molecule has 15 nitrogen and oxygen atoms in total. The van der Waals surface area contributed by atoms with E-state index in [2.05, 4.69) is 47.2 Å². The fraction of sp³-hybridized carbons (Fsp3) is 0.286. The van der Waals surface area contributed by atoms with Crippen LogP contribution in [0.4, 0.5) is 26.8 Å². The summed E-state index contributed by atoms with van der Waals surface area (Å²) in [5, 5.41) is 12.8. The molecule has 0 saturated carbocycles. The summed E-state index contributed by atoms with van der Waals surface area (Å²) >= 11 is 3.44. The van der Waals surface area contributed by atoms with Gasteiger partial charge in [-0.25, -0.2) is 19.6 Å². The van der Waals surface area contributed by atoms with E-state index >= 15 is 0 Å². The van der Waals surface area contributed by atoms with E-state index in [0.717, 1.165) is 26.7 Å². The molecule has 304 valence electrons. The van der Waals surface area contributed by atoms with Gasteiger partial charge >= 0.3 is 18.2 Å². The van der Waals surface area contributed by atoms with Crippen LogP contribution in [-0.4, -0.2) is 103 Å². The topological polar surface area (TPSA) is 176 Å². The van der Waals surface area contributed by atoms with E-state index in [1.54, 1.807) is 24.0 Å². The van der Waals surface area contributed by atoms with Crippen LogP contribution in [0.15, 0.2) is 114 Å². The van der Waals surface area contributed by atoms with Gasteiger partial charge in [-0.15, -0.1) is 0 Å². The van der Waals surface area contributed by atoms with Crippen LogP contribution in [0.2, 0.25) is 0 Å². The number of nitrogens with one attached hydrogen (secondary N) is 4. The average molecular weight is 856 g/mol. The lowest BCUT2D eigenvalue weighted by molar-refractivity contribution is -0.144. The Bertz CT molecular complexity index is 2080. The van der Waals surface area contributed by atoms with Crippen molar-refractivity contribution in [1.82, 2.24) is 30.4 Å². The van der Waals surface area contributed by atoms with Crippen molar-refractivity contribution < 1.29 is 33.4 Å². The van der Waals surface area contributed by atoms with E-state index in [4.69, 9.17) is 14.2 Å². The van der Waals surface area contributed by atoms with Crippen LogP contribution in [0.5, 0.6) is 0 Å². The van der Waals surface area contributed by atoms with Crippen LogP contribution in [0.3, 0.4) is 0 Å². The van der Waals surface area contributed by atoms with Crippen molar-refractivity contribution in [2.75, 3.05) is 69.6 Å². The van der Waals surface area contributed by atoms with E-state index in [0.29, 0.717) is 17.0 Å². The SMILES string of the molecule is CCOC(=O)CN(CCNC(=O)OCc1ccccc1)CCN(CCNCC(=O)Nc1ccc2c(Nc3ccc(Br)cc3)ncnc2c1)C(=O)OCc1ccccc1. The molecule has 0 atom stereocenters. The largest absolute Gasteiger partial charge is 0.465 e.